The second-order valence-electron chi connectivity index (χ2n) is 4.05. The molecule has 0 heterocycles. The van der Waals surface area contributed by atoms with Crippen molar-refractivity contribution in [1.82, 2.24) is 5.43 Å². The van der Waals surface area contributed by atoms with Gasteiger partial charge >= 0.3 is 0 Å². The number of aromatic hydroxyl groups is 2. The number of benzene rings is 2. The molecule has 0 aliphatic heterocycles. The van der Waals surface area contributed by atoms with E-state index in [-0.39, 0.29) is 17.1 Å². The summed E-state index contributed by atoms with van der Waals surface area (Å²) in [6.45, 7) is 0. The van der Waals surface area contributed by atoms with Gasteiger partial charge in [-0.3, -0.25) is 4.79 Å². The van der Waals surface area contributed by atoms with Gasteiger partial charge in [0, 0.05) is 0 Å². The zero-order valence-corrected chi connectivity index (χ0v) is 14.9. The molecule has 0 spiro atoms. The Hall–Kier alpha value is -1.36. The minimum Gasteiger partial charge on any atom is -0.507 e. The fourth-order valence-electron chi connectivity index (χ4n) is 1.55. The van der Waals surface area contributed by atoms with Crippen LogP contribution in [0, 0.1) is 7.14 Å². The third kappa shape index (κ3) is 4.06. The summed E-state index contributed by atoms with van der Waals surface area (Å²) in [6.07, 6.45) is 1.47. The maximum absolute atomic E-state index is 11.8. The number of carbonyl (C=O) groups is 1. The number of nitrogens with zero attached hydrogens (tertiary/aromatic N) is 1. The number of phenols is 2. The number of para-hydroxylation sites is 1. The number of hydrazone groups is 1. The van der Waals surface area contributed by atoms with E-state index in [4.69, 9.17) is 0 Å². The molecule has 0 aliphatic carbocycles. The minimum absolute atomic E-state index is 0.0982. The quantitative estimate of drug-likeness (QED) is 0.339. The topological polar surface area (TPSA) is 81.9 Å². The lowest BCUT2D eigenvalue weighted by atomic mass is 10.2. The molecule has 1 amide bonds. The molecule has 0 saturated heterocycles. The fourth-order valence-corrected chi connectivity index (χ4v) is 3.37. The molecule has 2 rings (SSSR count). The molecule has 7 heteroatoms. The van der Waals surface area contributed by atoms with E-state index < -0.39 is 5.91 Å². The predicted molar refractivity (Wildman–Crippen MR) is 96.7 cm³/mol. The zero-order chi connectivity index (χ0) is 15.4. The van der Waals surface area contributed by atoms with Gasteiger partial charge in [0.25, 0.3) is 5.91 Å². The zero-order valence-electron chi connectivity index (χ0n) is 10.5. The third-order valence-electron chi connectivity index (χ3n) is 2.57. The Labute approximate surface area is 148 Å². The molecule has 0 unspecified atom stereocenters. The molecule has 0 atom stereocenters. The van der Waals surface area contributed by atoms with Gasteiger partial charge in [-0.05, 0) is 75.0 Å². The van der Waals surface area contributed by atoms with E-state index in [1.54, 1.807) is 24.3 Å². The van der Waals surface area contributed by atoms with Gasteiger partial charge in [-0.1, -0.05) is 12.1 Å². The molecule has 0 saturated carbocycles. The average molecular weight is 508 g/mol. The molecular formula is C14H10I2N2O3. The normalized spacial score (nSPS) is 10.8. The first-order valence-electron chi connectivity index (χ1n) is 5.78. The van der Waals surface area contributed by atoms with Crippen molar-refractivity contribution < 1.29 is 15.0 Å². The summed E-state index contributed by atoms with van der Waals surface area (Å²) in [5.41, 5.74) is 3.25. The van der Waals surface area contributed by atoms with E-state index in [2.05, 4.69) is 10.5 Å². The molecule has 2 aromatic carbocycles. The first-order valence-corrected chi connectivity index (χ1v) is 7.94. The fraction of sp³-hybridized carbons (Fsp3) is 0. The van der Waals surface area contributed by atoms with E-state index >= 15 is 0 Å². The molecule has 0 bridgehead atoms. The van der Waals surface area contributed by atoms with E-state index in [9.17, 15) is 15.0 Å². The molecule has 0 aliphatic rings. The maximum Gasteiger partial charge on any atom is 0.275 e. The van der Waals surface area contributed by atoms with Crippen molar-refractivity contribution in [3.8, 4) is 11.5 Å². The number of amides is 1. The van der Waals surface area contributed by atoms with Crippen LogP contribution in [0.15, 0.2) is 41.5 Å². The van der Waals surface area contributed by atoms with Gasteiger partial charge in [0.1, 0.15) is 11.5 Å². The lowest BCUT2D eigenvalue weighted by Crippen LogP contribution is -2.17. The highest BCUT2D eigenvalue weighted by molar-refractivity contribution is 14.1. The predicted octanol–water partition coefficient (Wildman–Crippen LogP) is 3.07. The number of nitrogens with one attached hydrogen (secondary N) is 1. The summed E-state index contributed by atoms with van der Waals surface area (Å²) in [5.74, 6) is -0.363. The Balaban J connectivity index is 2.10. The highest BCUT2D eigenvalue weighted by Crippen LogP contribution is 2.26. The second-order valence-corrected chi connectivity index (χ2v) is 6.37. The molecule has 0 aromatic heterocycles. The van der Waals surface area contributed by atoms with Crippen LogP contribution in [0.1, 0.15) is 15.9 Å². The van der Waals surface area contributed by atoms with E-state index in [1.165, 1.54) is 18.3 Å². The number of halogens is 2. The van der Waals surface area contributed by atoms with Gasteiger partial charge in [0.2, 0.25) is 0 Å². The van der Waals surface area contributed by atoms with Crippen LogP contribution >= 0.6 is 45.2 Å². The molecular weight excluding hydrogens is 498 g/mol. The molecule has 2 aromatic rings. The SMILES string of the molecule is O=C(N/N=C\c1cc(I)c(O)c(I)c1)c1ccccc1O. The number of carbonyl (C=O) groups excluding carboxylic acids is 1. The Morgan fingerprint density at radius 3 is 2.38 bits per heavy atom. The summed E-state index contributed by atoms with van der Waals surface area (Å²) in [5, 5.41) is 23.1. The first kappa shape index (κ1) is 16.0. The van der Waals surface area contributed by atoms with Crippen molar-refractivity contribution in [2.24, 2.45) is 5.10 Å². The largest absolute Gasteiger partial charge is 0.507 e. The molecule has 5 nitrogen and oxygen atoms in total. The Kier molecular flexibility index (Phi) is 5.39. The van der Waals surface area contributed by atoms with Crippen LogP contribution in [0.25, 0.3) is 0 Å². The van der Waals surface area contributed by atoms with E-state index in [1.807, 2.05) is 45.2 Å². The first-order chi connectivity index (χ1) is 9.99. The van der Waals surface area contributed by atoms with Crippen molar-refractivity contribution in [2.75, 3.05) is 0 Å². The van der Waals surface area contributed by atoms with Gasteiger partial charge in [-0.2, -0.15) is 5.10 Å². The van der Waals surface area contributed by atoms with Crippen molar-refractivity contribution in [1.29, 1.82) is 0 Å². The lowest BCUT2D eigenvalue weighted by Gasteiger charge is -2.03. The van der Waals surface area contributed by atoms with E-state index in [0.29, 0.717) is 7.14 Å². The molecule has 3 N–H and O–H groups in total. The van der Waals surface area contributed by atoms with Crippen LogP contribution in [-0.2, 0) is 0 Å². The molecule has 0 radical (unpaired) electrons. The van der Waals surface area contributed by atoms with Crippen LogP contribution in [-0.4, -0.2) is 22.3 Å². The maximum atomic E-state index is 11.8. The highest BCUT2D eigenvalue weighted by atomic mass is 127. The minimum atomic E-state index is -0.493. The van der Waals surface area contributed by atoms with Gasteiger partial charge in [-0.25, -0.2) is 5.43 Å². The van der Waals surface area contributed by atoms with Crippen molar-refractivity contribution in [3.05, 3.63) is 54.7 Å². The Bertz CT molecular complexity index is 694. The summed E-state index contributed by atoms with van der Waals surface area (Å²) in [4.78, 5) is 11.8. The third-order valence-corrected chi connectivity index (χ3v) is 4.21. The lowest BCUT2D eigenvalue weighted by molar-refractivity contribution is 0.0952. The number of rotatable bonds is 3. The van der Waals surface area contributed by atoms with Crippen LogP contribution in [0.2, 0.25) is 0 Å². The van der Waals surface area contributed by atoms with E-state index in [0.717, 1.165) is 5.56 Å². The van der Waals surface area contributed by atoms with Crippen LogP contribution < -0.4 is 5.43 Å². The Morgan fingerprint density at radius 2 is 1.76 bits per heavy atom. The molecule has 0 fully saturated rings. The number of hydrogen-bond acceptors (Lipinski definition) is 4. The van der Waals surface area contributed by atoms with Crippen molar-refractivity contribution in [3.63, 3.8) is 0 Å². The van der Waals surface area contributed by atoms with Crippen LogP contribution in [0.4, 0.5) is 0 Å². The number of hydrogen-bond donors (Lipinski definition) is 3. The van der Waals surface area contributed by atoms with Crippen LogP contribution in [0.3, 0.4) is 0 Å². The summed E-state index contributed by atoms with van der Waals surface area (Å²) >= 11 is 4.04. The van der Waals surface area contributed by atoms with Crippen molar-refractivity contribution in [2.45, 2.75) is 0 Å². The standard InChI is InChI=1S/C14H10I2N2O3/c15-10-5-8(6-11(16)13(10)20)7-17-18-14(21)9-3-1-2-4-12(9)19/h1-7,19-20H,(H,18,21)/b17-7-. The van der Waals surface area contributed by atoms with Gasteiger partial charge in [0.05, 0.1) is 18.9 Å². The van der Waals surface area contributed by atoms with Crippen molar-refractivity contribution >= 4 is 57.3 Å². The van der Waals surface area contributed by atoms with Gasteiger partial charge in [0.15, 0.2) is 0 Å². The summed E-state index contributed by atoms with van der Waals surface area (Å²) in [6, 6.07) is 9.72. The summed E-state index contributed by atoms with van der Waals surface area (Å²) in [7, 11) is 0. The second kappa shape index (κ2) is 7.07. The van der Waals surface area contributed by atoms with Gasteiger partial charge < -0.3 is 10.2 Å². The van der Waals surface area contributed by atoms with Crippen LogP contribution in [0.5, 0.6) is 11.5 Å². The average Bonchev–Trinajstić information content (AvgIpc) is 2.45. The van der Waals surface area contributed by atoms with Gasteiger partial charge in [-0.15, -0.1) is 0 Å². The summed E-state index contributed by atoms with van der Waals surface area (Å²) < 4.78 is 1.40. The highest BCUT2D eigenvalue weighted by Gasteiger charge is 2.09. The number of phenolic OH excluding ortho intramolecular Hbond substituents is 2. The monoisotopic (exact) mass is 508 g/mol. The molecule has 108 valence electrons. The smallest absolute Gasteiger partial charge is 0.275 e. The Morgan fingerprint density at radius 1 is 1.14 bits per heavy atom. The molecule has 21 heavy (non-hydrogen) atoms.